The molecule has 122 valence electrons. The van der Waals surface area contributed by atoms with Gasteiger partial charge >= 0.3 is 0 Å². The Hall–Kier alpha value is -0.960. The molecule has 0 atom stereocenters. The second kappa shape index (κ2) is 9.14. The van der Waals surface area contributed by atoms with E-state index in [4.69, 9.17) is 4.42 Å². The van der Waals surface area contributed by atoms with Crippen molar-refractivity contribution in [1.29, 1.82) is 0 Å². The summed E-state index contributed by atoms with van der Waals surface area (Å²) in [7, 11) is -1.93. The smallest absolute Gasteiger partial charge is 0.279 e. The minimum Gasteiger partial charge on any atom is -0.444 e. The van der Waals surface area contributed by atoms with Gasteiger partial charge in [-0.15, -0.1) is 0 Å². The highest BCUT2D eigenvalue weighted by molar-refractivity contribution is 7.87. The molecule has 1 aromatic heterocycles. The van der Waals surface area contributed by atoms with E-state index in [0.717, 1.165) is 38.1 Å². The van der Waals surface area contributed by atoms with Gasteiger partial charge in [0.25, 0.3) is 10.2 Å². The maximum Gasteiger partial charge on any atom is 0.279 e. The lowest BCUT2D eigenvalue weighted by molar-refractivity contribution is 0.427. The zero-order valence-electron chi connectivity index (χ0n) is 13.1. The SMILES string of the molecule is CCCNCCCN(C)S(=O)(=O)NCc1ncc(CC)o1. The van der Waals surface area contributed by atoms with Crippen molar-refractivity contribution < 1.29 is 12.8 Å². The topological polar surface area (TPSA) is 87.5 Å². The summed E-state index contributed by atoms with van der Waals surface area (Å²) in [6.07, 6.45) is 4.21. The molecular weight excluding hydrogens is 292 g/mol. The molecule has 0 amide bonds. The standard InChI is InChI=1S/C13H26N4O3S/c1-4-7-14-8-6-9-17(3)21(18,19)16-11-13-15-10-12(5-2)20-13/h10,14,16H,4-9,11H2,1-3H3. The second-order valence-electron chi connectivity index (χ2n) is 4.83. The van der Waals surface area contributed by atoms with Crippen LogP contribution in [0.5, 0.6) is 0 Å². The van der Waals surface area contributed by atoms with Gasteiger partial charge in [-0.05, 0) is 25.9 Å². The van der Waals surface area contributed by atoms with Crippen LogP contribution in [0.15, 0.2) is 10.6 Å². The summed E-state index contributed by atoms with van der Waals surface area (Å²) in [5.41, 5.74) is 0. The molecule has 1 rings (SSSR count). The van der Waals surface area contributed by atoms with Crippen LogP contribution in [0, 0.1) is 0 Å². The average molecular weight is 318 g/mol. The number of nitrogens with zero attached hydrogens (tertiary/aromatic N) is 2. The van der Waals surface area contributed by atoms with E-state index in [9.17, 15) is 8.42 Å². The Bertz CT molecular complexity index is 501. The third-order valence-electron chi connectivity index (χ3n) is 3.02. The lowest BCUT2D eigenvalue weighted by Gasteiger charge is -2.17. The normalized spacial score (nSPS) is 12.2. The third-order valence-corrected chi connectivity index (χ3v) is 4.53. The molecule has 1 aromatic rings. The van der Waals surface area contributed by atoms with Gasteiger partial charge in [0.05, 0.1) is 12.7 Å². The molecule has 8 heteroatoms. The van der Waals surface area contributed by atoms with Gasteiger partial charge in [-0.1, -0.05) is 13.8 Å². The summed E-state index contributed by atoms with van der Waals surface area (Å²) < 4.78 is 33.2. The summed E-state index contributed by atoms with van der Waals surface area (Å²) >= 11 is 0. The van der Waals surface area contributed by atoms with E-state index < -0.39 is 10.2 Å². The fourth-order valence-corrected chi connectivity index (χ4v) is 2.60. The number of aryl methyl sites for hydroxylation is 1. The molecule has 0 bridgehead atoms. The van der Waals surface area contributed by atoms with E-state index in [2.05, 4.69) is 21.9 Å². The lowest BCUT2D eigenvalue weighted by atomic mass is 10.4. The van der Waals surface area contributed by atoms with Gasteiger partial charge in [0, 0.05) is 20.0 Å². The van der Waals surface area contributed by atoms with E-state index >= 15 is 0 Å². The van der Waals surface area contributed by atoms with Crippen molar-refractivity contribution >= 4 is 10.2 Å². The Morgan fingerprint density at radius 3 is 2.71 bits per heavy atom. The molecule has 0 aromatic carbocycles. The molecule has 0 aliphatic carbocycles. The fraction of sp³-hybridized carbons (Fsp3) is 0.769. The summed E-state index contributed by atoms with van der Waals surface area (Å²) in [5.74, 6) is 1.13. The van der Waals surface area contributed by atoms with Crippen LogP contribution in [-0.4, -0.2) is 44.4 Å². The first-order valence-electron chi connectivity index (χ1n) is 7.34. The molecule has 2 N–H and O–H groups in total. The van der Waals surface area contributed by atoms with E-state index in [-0.39, 0.29) is 6.54 Å². The first-order valence-corrected chi connectivity index (χ1v) is 8.78. The highest BCUT2D eigenvalue weighted by Crippen LogP contribution is 2.05. The van der Waals surface area contributed by atoms with Gasteiger partial charge in [0.1, 0.15) is 5.76 Å². The molecule has 0 fully saturated rings. The van der Waals surface area contributed by atoms with Crippen molar-refractivity contribution in [2.45, 2.75) is 39.7 Å². The maximum absolute atomic E-state index is 12.0. The minimum absolute atomic E-state index is 0.0702. The Kier molecular flexibility index (Phi) is 7.87. The van der Waals surface area contributed by atoms with Crippen LogP contribution in [0.3, 0.4) is 0 Å². The van der Waals surface area contributed by atoms with Crippen LogP contribution in [0.2, 0.25) is 0 Å². The molecule has 0 saturated carbocycles. The van der Waals surface area contributed by atoms with Gasteiger partial charge in [0.2, 0.25) is 5.89 Å². The molecule has 0 spiro atoms. The first kappa shape index (κ1) is 18.1. The number of nitrogens with one attached hydrogen (secondary N) is 2. The largest absolute Gasteiger partial charge is 0.444 e. The van der Waals surface area contributed by atoms with Crippen LogP contribution in [0.1, 0.15) is 38.3 Å². The third kappa shape index (κ3) is 6.56. The summed E-state index contributed by atoms with van der Waals surface area (Å²) in [4.78, 5) is 4.02. The predicted octanol–water partition coefficient (Wildman–Crippen LogP) is 0.893. The quantitative estimate of drug-likeness (QED) is 0.592. The Morgan fingerprint density at radius 1 is 1.33 bits per heavy atom. The van der Waals surface area contributed by atoms with E-state index in [1.54, 1.807) is 13.2 Å². The van der Waals surface area contributed by atoms with Gasteiger partial charge in [-0.2, -0.15) is 17.4 Å². The number of oxazole rings is 1. The van der Waals surface area contributed by atoms with Crippen molar-refractivity contribution in [3.63, 3.8) is 0 Å². The van der Waals surface area contributed by atoms with Crippen molar-refractivity contribution in [1.82, 2.24) is 19.3 Å². The Morgan fingerprint density at radius 2 is 2.10 bits per heavy atom. The fourth-order valence-electron chi connectivity index (χ4n) is 1.71. The van der Waals surface area contributed by atoms with E-state index in [0.29, 0.717) is 12.4 Å². The van der Waals surface area contributed by atoms with Crippen molar-refractivity contribution in [2.75, 3.05) is 26.7 Å². The van der Waals surface area contributed by atoms with Crippen molar-refractivity contribution in [2.24, 2.45) is 0 Å². The van der Waals surface area contributed by atoms with Gasteiger partial charge in [0.15, 0.2) is 0 Å². The molecule has 7 nitrogen and oxygen atoms in total. The Balaban J connectivity index is 2.34. The molecule has 1 heterocycles. The molecule has 0 aliphatic heterocycles. The van der Waals surface area contributed by atoms with Crippen molar-refractivity contribution in [3.8, 4) is 0 Å². The second-order valence-corrected chi connectivity index (χ2v) is 6.69. The molecule has 0 unspecified atom stereocenters. The molecule has 21 heavy (non-hydrogen) atoms. The van der Waals surface area contributed by atoms with Gasteiger partial charge in [-0.25, -0.2) is 4.98 Å². The summed E-state index contributed by atoms with van der Waals surface area (Å²) in [6.45, 7) is 6.36. The van der Waals surface area contributed by atoms with Crippen LogP contribution >= 0.6 is 0 Å². The maximum atomic E-state index is 12.0. The monoisotopic (exact) mass is 318 g/mol. The van der Waals surface area contributed by atoms with Crippen LogP contribution in [-0.2, 0) is 23.2 Å². The lowest BCUT2D eigenvalue weighted by Crippen LogP contribution is -2.39. The van der Waals surface area contributed by atoms with Crippen LogP contribution in [0.4, 0.5) is 0 Å². The minimum atomic E-state index is -3.49. The van der Waals surface area contributed by atoms with E-state index in [1.165, 1.54) is 4.31 Å². The molecule has 0 saturated heterocycles. The number of rotatable bonds is 11. The molecule has 0 aliphatic rings. The van der Waals surface area contributed by atoms with Crippen LogP contribution in [0.25, 0.3) is 0 Å². The van der Waals surface area contributed by atoms with Crippen LogP contribution < -0.4 is 10.0 Å². The number of hydrogen-bond donors (Lipinski definition) is 2. The number of hydrogen-bond acceptors (Lipinski definition) is 5. The molecular formula is C13H26N4O3S. The Labute approximate surface area is 127 Å². The summed E-state index contributed by atoms with van der Waals surface area (Å²) in [5, 5.41) is 3.24. The van der Waals surface area contributed by atoms with Gasteiger partial charge < -0.3 is 9.73 Å². The zero-order valence-corrected chi connectivity index (χ0v) is 13.9. The number of aromatic nitrogens is 1. The molecule has 0 radical (unpaired) electrons. The highest BCUT2D eigenvalue weighted by atomic mass is 32.2. The first-order chi connectivity index (χ1) is 9.99. The van der Waals surface area contributed by atoms with Gasteiger partial charge in [-0.3, -0.25) is 0 Å². The highest BCUT2D eigenvalue weighted by Gasteiger charge is 2.17. The zero-order chi connectivity index (χ0) is 15.7. The average Bonchev–Trinajstić information content (AvgIpc) is 2.93. The van der Waals surface area contributed by atoms with Crippen molar-refractivity contribution in [3.05, 3.63) is 17.8 Å². The van der Waals surface area contributed by atoms with E-state index in [1.807, 2.05) is 6.92 Å². The predicted molar refractivity (Wildman–Crippen MR) is 82.0 cm³/mol. The summed E-state index contributed by atoms with van der Waals surface area (Å²) in [6, 6.07) is 0.